The molecule has 2 N–H and O–H groups in total. The molecule has 0 bridgehead atoms. The number of hydrogen-bond acceptors (Lipinski definition) is 3. The van der Waals surface area contributed by atoms with Crippen molar-refractivity contribution >= 4 is 5.96 Å². The van der Waals surface area contributed by atoms with E-state index >= 15 is 0 Å². The van der Waals surface area contributed by atoms with Gasteiger partial charge in [-0.25, -0.2) is 0 Å². The summed E-state index contributed by atoms with van der Waals surface area (Å²) in [5.74, 6) is 1.74. The Kier molecular flexibility index (Phi) is 9.87. The maximum atomic E-state index is 5.69. The molecule has 22 heavy (non-hydrogen) atoms. The molecule has 0 aliphatic carbocycles. The van der Waals surface area contributed by atoms with Gasteiger partial charge in [-0.2, -0.15) is 0 Å². The third-order valence-corrected chi connectivity index (χ3v) is 2.95. The molecule has 0 heterocycles. The van der Waals surface area contributed by atoms with Crippen LogP contribution in [0.5, 0.6) is 5.75 Å². The number of aryl methyl sites for hydroxylation is 1. The Morgan fingerprint density at radius 1 is 1.09 bits per heavy atom. The maximum absolute atomic E-state index is 5.69. The second kappa shape index (κ2) is 11.9. The van der Waals surface area contributed by atoms with E-state index < -0.39 is 0 Å². The number of aliphatic imine (C=N–C) groups is 1. The monoisotopic (exact) mass is 307 g/mol. The number of rotatable bonds is 10. The SMILES string of the molecule is CCNC(=NCCCOc1ccc(C)cc1)NCCOCC. The molecule has 0 aliphatic rings. The summed E-state index contributed by atoms with van der Waals surface area (Å²) >= 11 is 0. The largest absolute Gasteiger partial charge is 0.494 e. The number of benzene rings is 1. The van der Waals surface area contributed by atoms with E-state index in [1.165, 1.54) is 5.56 Å². The molecule has 0 radical (unpaired) electrons. The second-order valence-electron chi connectivity index (χ2n) is 4.90. The zero-order chi connectivity index (χ0) is 16.0. The van der Waals surface area contributed by atoms with Crippen molar-refractivity contribution in [3.8, 4) is 5.75 Å². The first-order valence-corrected chi connectivity index (χ1v) is 8.05. The van der Waals surface area contributed by atoms with E-state index in [1.807, 2.05) is 19.1 Å². The molecule has 5 heteroatoms. The van der Waals surface area contributed by atoms with Gasteiger partial charge in [-0.15, -0.1) is 0 Å². The van der Waals surface area contributed by atoms with Crippen LogP contribution in [0, 0.1) is 6.92 Å². The van der Waals surface area contributed by atoms with Gasteiger partial charge in [-0.3, -0.25) is 4.99 Å². The number of nitrogens with zero attached hydrogens (tertiary/aromatic N) is 1. The Labute approximate surface area is 134 Å². The molecule has 1 aromatic carbocycles. The van der Waals surface area contributed by atoms with Gasteiger partial charge in [0.15, 0.2) is 5.96 Å². The van der Waals surface area contributed by atoms with Crippen LogP contribution in [-0.4, -0.2) is 45.4 Å². The quantitative estimate of drug-likeness (QED) is 0.396. The van der Waals surface area contributed by atoms with Crippen LogP contribution in [0.2, 0.25) is 0 Å². The Hall–Kier alpha value is -1.75. The van der Waals surface area contributed by atoms with Crippen molar-refractivity contribution < 1.29 is 9.47 Å². The summed E-state index contributed by atoms with van der Waals surface area (Å²) in [6.07, 6.45) is 0.885. The lowest BCUT2D eigenvalue weighted by Gasteiger charge is -2.11. The molecule has 0 aromatic heterocycles. The zero-order valence-electron chi connectivity index (χ0n) is 14.0. The zero-order valence-corrected chi connectivity index (χ0v) is 14.0. The first-order chi connectivity index (χ1) is 10.8. The molecule has 124 valence electrons. The van der Waals surface area contributed by atoms with E-state index in [-0.39, 0.29) is 0 Å². The van der Waals surface area contributed by atoms with E-state index in [4.69, 9.17) is 9.47 Å². The number of ether oxygens (including phenoxy) is 2. The fourth-order valence-corrected chi connectivity index (χ4v) is 1.81. The maximum Gasteiger partial charge on any atom is 0.191 e. The predicted molar refractivity (Wildman–Crippen MR) is 91.8 cm³/mol. The third kappa shape index (κ3) is 8.52. The molecule has 1 aromatic rings. The lowest BCUT2D eigenvalue weighted by molar-refractivity contribution is 0.152. The van der Waals surface area contributed by atoms with Crippen LogP contribution in [0.3, 0.4) is 0 Å². The van der Waals surface area contributed by atoms with Gasteiger partial charge < -0.3 is 20.1 Å². The van der Waals surface area contributed by atoms with Crippen molar-refractivity contribution in [3.05, 3.63) is 29.8 Å². The molecule has 5 nitrogen and oxygen atoms in total. The molecule has 0 atom stereocenters. The summed E-state index contributed by atoms with van der Waals surface area (Å²) in [5, 5.41) is 6.46. The lowest BCUT2D eigenvalue weighted by Crippen LogP contribution is -2.39. The van der Waals surface area contributed by atoms with Crippen LogP contribution in [0.4, 0.5) is 0 Å². The van der Waals surface area contributed by atoms with Gasteiger partial charge in [-0.05, 0) is 32.9 Å². The van der Waals surface area contributed by atoms with Crippen molar-refractivity contribution in [3.63, 3.8) is 0 Å². The molecule has 0 fully saturated rings. The van der Waals surface area contributed by atoms with Crippen LogP contribution in [0.15, 0.2) is 29.3 Å². The van der Waals surface area contributed by atoms with Crippen molar-refractivity contribution in [1.82, 2.24) is 10.6 Å². The topological polar surface area (TPSA) is 54.9 Å². The molecular weight excluding hydrogens is 278 g/mol. The normalized spacial score (nSPS) is 11.3. The van der Waals surface area contributed by atoms with Gasteiger partial charge in [0, 0.05) is 32.7 Å². The number of nitrogens with one attached hydrogen (secondary N) is 2. The van der Waals surface area contributed by atoms with E-state index in [9.17, 15) is 0 Å². The Bertz CT molecular complexity index is 418. The van der Waals surface area contributed by atoms with Crippen molar-refractivity contribution in [1.29, 1.82) is 0 Å². The molecule has 0 saturated carbocycles. The summed E-state index contributed by atoms with van der Waals surface area (Å²) in [5.41, 5.74) is 1.24. The minimum Gasteiger partial charge on any atom is -0.494 e. The van der Waals surface area contributed by atoms with Crippen LogP contribution >= 0.6 is 0 Å². The molecule has 0 amide bonds. The van der Waals surface area contributed by atoms with Gasteiger partial charge in [-0.1, -0.05) is 17.7 Å². The minimum absolute atomic E-state index is 0.672. The Balaban J connectivity index is 2.20. The van der Waals surface area contributed by atoms with Crippen molar-refractivity contribution in [2.24, 2.45) is 4.99 Å². The van der Waals surface area contributed by atoms with E-state index in [0.29, 0.717) is 13.2 Å². The highest BCUT2D eigenvalue weighted by molar-refractivity contribution is 5.79. The van der Waals surface area contributed by atoms with Crippen LogP contribution in [0.25, 0.3) is 0 Å². The van der Waals surface area contributed by atoms with Gasteiger partial charge in [0.05, 0.1) is 13.2 Å². The van der Waals surface area contributed by atoms with E-state index in [1.54, 1.807) is 0 Å². The summed E-state index contributed by atoms with van der Waals surface area (Å²) in [7, 11) is 0. The Morgan fingerprint density at radius 3 is 2.55 bits per heavy atom. The van der Waals surface area contributed by atoms with E-state index in [2.05, 4.69) is 41.6 Å². The smallest absolute Gasteiger partial charge is 0.191 e. The third-order valence-electron chi connectivity index (χ3n) is 2.95. The molecule has 0 aliphatic heterocycles. The second-order valence-corrected chi connectivity index (χ2v) is 4.90. The van der Waals surface area contributed by atoms with Crippen LogP contribution < -0.4 is 15.4 Å². The summed E-state index contributed by atoms with van der Waals surface area (Å²) in [6, 6.07) is 8.11. The first kappa shape index (κ1) is 18.3. The van der Waals surface area contributed by atoms with Crippen LogP contribution in [0.1, 0.15) is 25.8 Å². The minimum atomic E-state index is 0.672. The molecule has 0 unspecified atom stereocenters. The summed E-state index contributed by atoms with van der Waals surface area (Å²) < 4.78 is 11.0. The average molecular weight is 307 g/mol. The van der Waals surface area contributed by atoms with Gasteiger partial charge in [0.25, 0.3) is 0 Å². The standard InChI is InChI=1S/C17H29N3O2/c1-4-18-17(20-12-14-21-5-2)19-11-6-13-22-16-9-7-15(3)8-10-16/h7-10H,4-6,11-14H2,1-3H3,(H2,18,19,20). The highest BCUT2D eigenvalue weighted by Gasteiger charge is 1.97. The van der Waals surface area contributed by atoms with Crippen LogP contribution in [-0.2, 0) is 4.74 Å². The number of hydrogen-bond donors (Lipinski definition) is 2. The molecule has 0 spiro atoms. The fraction of sp³-hybridized carbons (Fsp3) is 0.588. The Morgan fingerprint density at radius 2 is 1.86 bits per heavy atom. The van der Waals surface area contributed by atoms with Gasteiger partial charge >= 0.3 is 0 Å². The fourth-order valence-electron chi connectivity index (χ4n) is 1.81. The average Bonchev–Trinajstić information content (AvgIpc) is 2.53. The highest BCUT2D eigenvalue weighted by Crippen LogP contribution is 2.11. The van der Waals surface area contributed by atoms with Crippen molar-refractivity contribution in [2.45, 2.75) is 27.2 Å². The molecule has 1 rings (SSSR count). The summed E-state index contributed by atoms with van der Waals surface area (Å²) in [4.78, 5) is 4.52. The first-order valence-electron chi connectivity index (χ1n) is 8.05. The van der Waals surface area contributed by atoms with Gasteiger partial charge in [0.2, 0.25) is 0 Å². The summed E-state index contributed by atoms with van der Waals surface area (Å²) in [6.45, 7) is 10.6. The number of guanidine groups is 1. The highest BCUT2D eigenvalue weighted by atomic mass is 16.5. The molecule has 0 saturated heterocycles. The lowest BCUT2D eigenvalue weighted by atomic mass is 10.2. The predicted octanol–water partition coefficient (Wildman–Crippen LogP) is 2.36. The van der Waals surface area contributed by atoms with E-state index in [0.717, 1.165) is 44.4 Å². The molecular formula is C17H29N3O2. The van der Waals surface area contributed by atoms with Crippen molar-refractivity contribution in [2.75, 3.05) is 39.5 Å². The van der Waals surface area contributed by atoms with Gasteiger partial charge in [0.1, 0.15) is 5.75 Å².